The number of rotatable bonds is 5. The first-order chi connectivity index (χ1) is 10.6. The van der Waals surface area contributed by atoms with E-state index < -0.39 is 0 Å². The molecule has 2 rings (SSSR count). The van der Waals surface area contributed by atoms with Gasteiger partial charge in [-0.1, -0.05) is 13.0 Å². The topological polar surface area (TPSA) is 60.1 Å². The Morgan fingerprint density at radius 1 is 1.32 bits per heavy atom. The molecule has 1 heterocycles. The van der Waals surface area contributed by atoms with E-state index in [0.29, 0.717) is 18.4 Å². The second kappa shape index (κ2) is 7.92. The molecule has 0 aliphatic carbocycles. The van der Waals surface area contributed by atoms with Gasteiger partial charge in [-0.05, 0) is 42.9 Å². The Kier molecular flexibility index (Phi) is 5.92. The molecule has 0 saturated carbocycles. The first-order valence-corrected chi connectivity index (χ1v) is 7.89. The smallest absolute Gasteiger partial charge is 0.191 e. The van der Waals surface area contributed by atoms with Crippen molar-refractivity contribution in [3.05, 3.63) is 23.8 Å². The molecule has 0 aromatic heterocycles. The quantitative estimate of drug-likeness (QED) is 0.670. The lowest BCUT2D eigenvalue weighted by Crippen LogP contribution is -2.43. The van der Waals surface area contributed by atoms with Crippen molar-refractivity contribution in [1.29, 1.82) is 0 Å². The van der Waals surface area contributed by atoms with Crippen LogP contribution in [0, 0.1) is 5.92 Å². The molecule has 122 valence electrons. The van der Waals surface area contributed by atoms with Crippen LogP contribution in [0.4, 0.5) is 0 Å². The number of methoxy groups -OCH3 is 2. The fourth-order valence-corrected chi connectivity index (χ4v) is 2.83. The normalized spacial score (nSPS) is 19.1. The number of benzene rings is 1. The van der Waals surface area contributed by atoms with Gasteiger partial charge >= 0.3 is 0 Å². The van der Waals surface area contributed by atoms with Crippen LogP contribution in [0.1, 0.15) is 25.3 Å². The molecule has 5 heteroatoms. The maximum atomic E-state index is 6.11. The molecule has 5 nitrogen and oxygen atoms in total. The van der Waals surface area contributed by atoms with Crippen LogP contribution in [0.3, 0.4) is 0 Å². The van der Waals surface area contributed by atoms with Crippen LogP contribution in [0.25, 0.3) is 0 Å². The van der Waals surface area contributed by atoms with E-state index in [1.165, 1.54) is 18.4 Å². The van der Waals surface area contributed by atoms with Gasteiger partial charge in [0, 0.05) is 19.6 Å². The summed E-state index contributed by atoms with van der Waals surface area (Å²) in [5.41, 5.74) is 7.28. The van der Waals surface area contributed by atoms with Gasteiger partial charge in [-0.25, -0.2) is 0 Å². The number of likely N-dealkylation sites (tertiary alicyclic amines) is 1. The summed E-state index contributed by atoms with van der Waals surface area (Å²) in [5.74, 6) is 2.87. The third-order valence-electron chi connectivity index (χ3n) is 4.10. The number of hydrogen-bond donors (Lipinski definition) is 1. The van der Waals surface area contributed by atoms with Crippen LogP contribution in [0.5, 0.6) is 11.5 Å². The second-order valence-electron chi connectivity index (χ2n) is 5.87. The fraction of sp³-hybridized carbons (Fsp3) is 0.588. The molecule has 0 radical (unpaired) electrons. The average Bonchev–Trinajstić information content (AvgIpc) is 2.54. The summed E-state index contributed by atoms with van der Waals surface area (Å²) >= 11 is 0. The molecule has 1 atom stereocenters. The van der Waals surface area contributed by atoms with Crippen molar-refractivity contribution in [2.45, 2.75) is 26.2 Å². The highest BCUT2D eigenvalue weighted by atomic mass is 16.5. The van der Waals surface area contributed by atoms with Crippen LogP contribution >= 0.6 is 0 Å². The Labute approximate surface area is 133 Å². The molecule has 0 spiro atoms. The molecule has 1 aromatic rings. The van der Waals surface area contributed by atoms with Crippen LogP contribution in [0.2, 0.25) is 0 Å². The monoisotopic (exact) mass is 305 g/mol. The van der Waals surface area contributed by atoms with Gasteiger partial charge in [-0.2, -0.15) is 0 Å². The fourth-order valence-electron chi connectivity index (χ4n) is 2.83. The van der Waals surface area contributed by atoms with Crippen molar-refractivity contribution in [2.75, 3.05) is 33.9 Å². The summed E-state index contributed by atoms with van der Waals surface area (Å²) in [6, 6.07) is 5.96. The molecule has 2 N–H and O–H groups in total. The summed E-state index contributed by atoms with van der Waals surface area (Å²) < 4.78 is 10.6. The highest BCUT2D eigenvalue weighted by molar-refractivity contribution is 5.78. The number of piperidine rings is 1. The molecule has 1 aliphatic rings. The lowest BCUT2D eigenvalue weighted by atomic mass is 10.0. The van der Waals surface area contributed by atoms with Crippen molar-refractivity contribution < 1.29 is 9.47 Å². The van der Waals surface area contributed by atoms with E-state index in [1.807, 2.05) is 18.2 Å². The zero-order valence-electron chi connectivity index (χ0n) is 13.8. The van der Waals surface area contributed by atoms with E-state index in [4.69, 9.17) is 15.2 Å². The molecule has 1 aliphatic heterocycles. The van der Waals surface area contributed by atoms with Gasteiger partial charge in [-0.3, -0.25) is 4.99 Å². The summed E-state index contributed by atoms with van der Waals surface area (Å²) in [6.45, 7) is 5.00. The number of ether oxygens (including phenoxy) is 2. The Hall–Kier alpha value is -1.91. The zero-order chi connectivity index (χ0) is 15.9. The van der Waals surface area contributed by atoms with Gasteiger partial charge in [0.05, 0.1) is 14.2 Å². The van der Waals surface area contributed by atoms with Crippen molar-refractivity contribution in [3.63, 3.8) is 0 Å². The van der Waals surface area contributed by atoms with E-state index in [2.05, 4.69) is 16.8 Å². The first-order valence-electron chi connectivity index (χ1n) is 7.89. The van der Waals surface area contributed by atoms with Crippen molar-refractivity contribution in [1.82, 2.24) is 4.90 Å². The largest absolute Gasteiger partial charge is 0.493 e. The van der Waals surface area contributed by atoms with E-state index >= 15 is 0 Å². The number of nitrogens with zero attached hydrogens (tertiary/aromatic N) is 2. The molecule has 1 fully saturated rings. The van der Waals surface area contributed by atoms with Crippen molar-refractivity contribution in [2.24, 2.45) is 16.6 Å². The third-order valence-corrected chi connectivity index (χ3v) is 4.10. The predicted molar refractivity (Wildman–Crippen MR) is 89.7 cm³/mol. The lowest BCUT2D eigenvalue weighted by molar-refractivity contribution is 0.270. The summed E-state index contributed by atoms with van der Waals surface area (Å²) in [5, 5.41) is 0. The first kappa shape index (κ1) is 16.5. The average molecular weight is 305 g/mol. The van der Waals surface area contributed by atoms with Gasteiger partial charge in [0.2, 0.25) is 0 Å². The minimum Gasteiger partial charge on any atom is -0.493 e. The molecular weight excluding hydrogens is 278 g/mol. The third kappa shape index (κ3) is 4.29. The molecule has 0 amide bonds. The van der Waals surface area contributed by atoms with Gasteiger partial charge in [-0.15, -0.1) is 0 Å². The van der Waals surface area contributed by atoms with Crippen LogP contribution in [-0.2, 0) is 6.42 Å². The van der Waals surface area contributed by atoms with E-state index in [1.54, 1.807) is 14.2 Å². The summed E-state index contributed by atoms with van der Waals surface area (Å²) in [7, 11) is 3.29. The standard InChI is InChI=1S/C17H27N3O2/c1-13-5-4-10-20(12-13)17(18)19-9-8-14-6-7-15(21-2)16(11-14)22-3/h6-7,11,13H,4-5,8-10,12H2,1-3H3,(H2,18,19). The highest BCUT2D eigenvalue weighted by Gasteiger charge is 2.17. The Morgan fingerprint density at radius 3 is 2.77 bits per heavy atom. The van der Waals surface area contributed by atoms with E-state index in [-0.39, 0.29) is 0 Å². The van der Waals surface area contributed by atoms with Gasteiger partial charge < -0.3 is 20.1 Å². The maximum Gasteiger partial charge on any atom is 0.191 e. The number of aliphatic imine (C=N–C) groups is 1. The van der Waals surface area contributed by atoms with E-state index in [0.717, 1.165) is 31.0 Å². The molecule has 0 bridgehead atoms. The van der Waals surface area contributed by atoms with Gasteiger partial charge in [0.25, 0.3) is 0 Å². The molecule has 1 saturated heterocycles. The lowest BCUT2D eigenvalue weighted by Gasteiger charge is -2.31. The maximum absolute atomic E-state index is 6.11. The second-order valence-corrected chi connectivity index (χ2v) is 5.87. The molecule has 1 unspecified atom stereocenters. The summed E-state index contributed by atoms with van der Waals surface area (Å²) in [4.78, 5) is 6.72. The molecule has 1 aromatic carbocycles. The zero-order valence-corrected chi connectivity index (χ0v) is 13.8. The number of nitrogens with two attached hydrogens (primary N) is 1. The minimum atomic E-state index is 0.673. The summed E-state index contributed by atoms with van der Waals surface area (Å²) in [6.07, 6.45) is 3.33. The van der Waals surface area contributed by atoms with Gasteiger partial charge in [0.1, 0.15) is 0 Å². The van der Waals surface area contributed by atoms with E-state index in [9.17, 15) is 0 Å². The van der Waals surface area contributed by atoms with Gasteiger partial charge in [0.15, 0.2) is 17.5 Å². The van der Waals surface area contributed by atoms with Crippen molar-refractivity contribution in [3.8, 4) is 11.5 Å². The Balaban J connectivity index is 1.91. The number of hydrogen-bond acceptors (Lipinski definition) is 3. The Morgan fingerprint density at radius 2 is 2.09 bits per heavy atom. The highest BCUT2D eigenvalue weighted by Crippen LogP contribution is 2.27. The number of guanidine groups is 1. The van der Waals surface area contributed by atoms with Crippen LogP contribution in [-0.4, -0.2) is 44.7 Å². The SMILES string of the molecule is COc1ccc(CCN=C(N)N2CCCC(C)C2)cc1OC. The van der Waals surface area contributed by atoms with Crippen LogP contribution < -0.4 is 15.2 Å². The Bertz CT molecular complexity index is 517. The van der Waals surface area contributed by atoms with Crippen molar-refractivity contribution >= 4 is 5.96 Å². The van der Waals surface area contributed by atoms with Crippen LogP contribution in [0.15, 0.2) is 23.2 Å². The minimum absolute atomic E-state index is 0.673. The molecule has 22 heavy (non-hydrogen) atoms. The predicted octanol–water partition coefficient (Wildman–Crippen LogP) is 2.29. The molecular formula is C17H27N3O2.